The van der Waals surface area contributed by atoms with Crippen molar-refractivity contribution in [2.24, 2.45) is 0 Å². The van der Waals surface area contributed by atoms with Gasteiger partial charge in [0, 0.05) is 37.2 Å². The van der Waals surface area contributed by atoms with Crippen LogP contribution in [0.4, 0.5) is 0 Å². The van der Waals surface area contributed by atoms with E-state index in [2.05, 4.69) is 4.98 Å². The van der Waals surface area contributed by atoms with Crippen LogP contribution in [0.3, 0.4) is 0 Å². The van der Waals surface area contributed by atoms with Gasteiger partial charge < -0.3 is 14.7 Å². The van der Waals surface area contributed by atoms with E-state index in [0.29, 0.717) is 12.0 Å². The molecule has 0 bridgehead atoms. The van der Waals surface area contributed by atoms with Crippen molar-refractivity contribution in [1.29, 1.82) is 0 Å². The number of rotatable bonds is 3. The Labute approximate surface area is 127 Å². The van der Waals surface area contributed by atoms with Gasteiger partial charge in [0.2, 0.25) is 0 Å². The van der Waals surface area contributed by atoms with Gasteiger partial charge in [0.15, 0.2) is 0 Å². The van der Waals surface area contributed by atoms with Gasteiger partial charge in [0.25, 0.3) is 5.91 Å². The van der Waals surface area contributed by atoms with Gasteiger partial charge in [-0.2, -0.15) is 0 Å². The van der Waals surface area contributed by atoms with Gasteiger partial charge in [-0.1, -0.05) is 6.07 Å². The lowest BCUT2D eigenvalue weighted by molar-refractivity contribution is -0.141. The van der Waals surface area contributed by atoms with Gasteiger partial charge in [-0.25, -0.2) is 4.79 Å². The standard InChI is InChI=1S/C16H16N2O4/c1-22-12-8-14(16(20)21)18(9-12)15(19)11-4-5-13-10(7-11)3-2-6-17-13/h2-7,12,14H,8-9H2,1H3,(H,20,21). The molecule has 6 nitrogen and oxygen atoms in total. The molecule has 2 aromatic rings. The van der Waals surface area contributed by atoms with E-state index in [4.69, 9.17) is 4.74 Å². The number of ether oxygens (including phenoxy) is 1. The Morgan fingerprint density at radius 2 is 2.18 bits per heavy atom. The molecular formula is C16H16N2O4. The lowest BCUT2D eigenvalue weighted by atomic mass is 10.1. The van der Waals surface area contributed by atoms with Gasteiger partial charge in [0.1, 0.15) is 6.04 Å². The molecule has 1 amide bonds. The summed E-state index contributed by atoms with van der Waals surface area (Å²) in [6, 6.07) is 8.01. The van der Waals surface area contributed by atoms with Crippen LogP contribution in [-0.4, -0.2) is 52.7 Å². The number of likely N-dealkylation sites (tertiary alicyclic amines) is 1. The molecule has 1 aromatic heterocycles. The van der Waals surface area contributed by atoms with Crippen molar-refractivity contribution >= 4 is 22.8 Å². The molecule has 114 valence electrons. The number of carbonyl (C=O) groups is 2. The zero-order valence-electron chi connectivity index (χ0n) is 12.1. The number of aromatic nitrogens is 1. The number of carboxylic acids is 1. The summed E-state index contributed by atoms with van der Waals surface area (Å²) in [6.45, 7) is 0.289. The molecule has 1 fully saturated rings. The molecule has 22 heavy (non-hydrogen) atoms. The van der Waals surface area contributed by atoms with Crippen molar-refractivity contribution < 1.29 is 19.4 Å². The lowest BCUT2D eigenvalue weighted by Gasteiger charge is -2.21. The molecular weight excluding hydrogens is 284 g/mol. The Hall–Kier alpha value is -2.47. The predicted octanol–water partition coefficient (Wildman–Crippen LogP) is 1.55. The fourth-order valence-electron chi connectivity index (χ4n) is 2.80. The van der Waals surface area contributed by atoms with Crippen LogP contribution in [0.2, 0.25) is 0 Å². The van der Waals surface area contributed by atoms with Crippen molar-refractivity contribution in [3.8, 4) is 0 Å². The smallest absolute Gasteiger partial charge is 0.326 e. The van der Waals surface area contributed by atoms with Crippen LogP contribution in [0.1, 0.15) is 16.8 Å². The zero-order chi connectivity index (χ0) is 15.7. The molecule has 1 aliphatic rings. The third-order valence-electron chi connectivity index (χ3n) is 3.99. The average molecular weight is 300 g/mol. The average Bonchev–Trinajstić information content (AvgIpc) is 2.98. The second-order valence-corrected chi connectivity index (χ2v) is 5.32. The van der Waals surface area contributed by atoms with E-state index in [-0.39, 0.29) is 18.6 Å². The summed E-state index contributed by atoms with van der Waals surface area (Å²) in [5.74, 6) is -1.30. The molecule has 2 heterocycles. The molecule has 0 spiro atoms. The highest BCUT2D eigenvalue weighted by atomic mass is 16.5. The number of carboxylic acid groups (broad SMARTS) is 1. The molecule has 1 saturated heterocycles. The molecule has 0 aliphatic carbocycles. The summed E-state index contributed by atoms with van der Waals surface area (Å²) < 4.78 is 5.21. The summed E-state index contributed by atoms with van der Waals surface area (Å²) in [7, 11) is 1.53. The second-order valence-electron chi connectivity index (χ2n) is 5.32. The summed E-state index contributed by atoms with van der Waals surface area (Å²) in [5, 5.41) is 10.2. The van der Waals surface area contributed by atoms with E-state index >= 15 is 0 Å². The molecule has 6 heteroatoms. The van der Waals surface area contributed by atoms with Crippen LogP contribution >= 0.6 is 0 Å². The number of amides is 1. The fraction of sp³-hybridized carbons (Fsp3) is 0.312. The summed E-state index contributed by atoms with van der Waals surface area (Å²) in [5.41, 5.74) is 1.26. The van der Waals surface area contributed by atoms with E-state index in [9.17, 15) is 14.7 Å². The normalized spacial score (nSPS) is 21.2. The Morgan fingerprint density at radius 3 is 2.91 bits per heavy atom. The summed E-state index contributed by atoms with van der Waals surface area (Å²) in [4.78, 5) is 29.6. The minimum Gasteiger partial charge on any atom is -0.480 e. The third kappa shape index (κ3) is 2.53. The van der Waals surface area contributed by atoms with Gasteiger partial charge >= 0.3 is 5.97 Å². The number of benzene rings is 1. The Kier molecular flexibility index (Phi) is 3.77. The number of fused-ring (bicyclic) bond motifs is 1. The predicted molar refractivity (Wildman–Crippen MR) is 79.6 cm³/mol. The maximum Gasteiger partial charge on any atom is 0.326 e. The molecule has 0 radical (unpaired) electrons. The highest BCUT2D eigenvalue weighted by Crippen LogP contribution is 2.24. The highest BCUT2D eigenvalue weighted by molar-refractivity contribution is 5.99. The Balaban J connectivity index is 1.92. The maximum absolute atomic E-state index is 12.7. The number of carbonyl (C=O) groups excluding carboxylic acids is 1. The minimum absolute atomic E-state index is 0.243. The molecule has 0 saturated carbocycles. The molecule has 1 N–H and O–H groups in total. The van der Waals surface area contributed by atoms with E-state index in [1.54, 1.807) is 30.5 Å². The number of methoxy groups -OCH3 is 1. The quantitative estimate of drug-likeness (QED) is 0.930. The van der Waals surface area contributed by atoms with Gasteiger partial charge in [0.05, 0.1) is 11.6 Å². The van der Waals surface area contributed by atoms with Gasteiger partial charge in [-0.15, -0.1) is 0 Å². The highest BCUT2D eigenvalue weighted by Gasteiger charge is 2.40. The SMILES string of the molecule is COC1CC(C(=O)O)N(C(=O)c2ccc3ncccc3c2)C1. The second kappa shape index (κ2) is 5.73. The topological polar surface area (TPSA) is 79.7 Å². The number of aliphatic carboxylic acids is 1. The van der Waals surface area contributed by atoms with E-state index in [1.807, 2.05) is 6.07 Å². The van der Waals surface area contributed by atoms with Crippen LogP contribution in [-0.2, 0) is 9.53 Å². The van der Waals surface area contributed by atoms with E-state index in [1.165, 1.54) is 12.0 Å². The van der Waals surface area contributed by atoms with Crippen LogP contribution in [0.25, 0.3) is 10.9 Å². The maximum atomic E-state index is 12.7. The number of pyridine rings is 1. The number of hydrogen-bond donors (Lipinski definition) is 1. The minimum atomic E-state index is -1.00. The van der Waals surface area contributed by atoms with Crippen molar-refractivity contribution in [2.75, 3.05) is 13.7 Å². The van der Waals surface area contributed by atoms with Crippen LogP contribution in [0.15, 0.2) is 36.5 Å². The number of nitrogens with zero attached hydrogens (tertiary/aromatic N) is 2. The summed E-state index contributed by atoms with van der Waals surface area (Å²) >= 11 is 0. The van der Waals surface area contributed by atoms with Crippen molar-refractivity contribution in [3.63, 3.8) is 0 Å². The van der Waals surface area contributed by atoms with Crippen LogP contribution in [0.5, 0.6) is 0 Å². The first-order valence-corrected chi connectivity index (χ1v) is 7.01. The first kappa shape index (κ1) is 14.5. The third-order valence-corrected chi connectivity index (χ3v) is 3.99. The largest absolute Gasteiger partial charge is 0.480 e. The van der Waals surface area contributed by atoms with Crippen LogP contribution in [0, 0.1) is 0 Å². The molecule has 3 rings (SSSR count). The van der Waals surface area contributed by atoms with Crippen molar-refractivity contribution in [2.45, 2.75) is 18.6 Å². The Bertz CT molecular complexity index is 731. The summed E-state index contributed by atoms with van der Waals surface area (Å²) in [6.07, 6.45) is 1.76. The van der Waals surface area contributed by atoms with E-state index < -0.39 is 12.0 Å². The van der Waals surface area contributed by atoms with E-state index in [0.717, 1.165) is 10.9 Å². The molecule has 2 unspecified atom stereocenters. The van der Waals surface area contributed by atoms with Crippen molar-refractivity contribution in [1.82, 2.24) is 9.88 Å². The van der Waals surface area contributed by atoms with Crippen molar-refractivity contribution in [3.05, 3.63) is 42.1 Å². The monoisotopic (exact) mass is 300 g/mol. The molecule has 1 aliphatic heterocycles. The zero-order valence-corrected chi connectivity index (χ0v) is 12.1. The lowest BCUT2D eigenvalue weighted by Crippen LogP contribution is -2.40. The Morgan fingerprint density at radius 1 is 1.36 bits per heavy atom. The number of hydrogen-bond acceptors (Lipinski definition) is 4. The van der Waals surface area contributed by atoms with Gasteiger partial charge in [-0.05, 0) is 24.3 Å². The first-order chi connectivity index (χ1) is 10.6. The molecule has 2 atom stereocenters. The molecule has 1 aromatic carbocycles. The first-order valence-electron chi connectivity index (χ1n) is 7.01. The fourth-order valence-corrected chi connectivity index (χ4v) is 2.80. The van der Waals surface area contributed by atoms with Gasteiger partial charge in [-0.3, -0.25) is 9.78 Å². The van der Waals surface area contributed by atoms with Crippen LogP contribution < -0.4 is 0 Å².